The second kappa shape index (κ2) is 5.27. The molecule has 2 heterocycles. The van der Waals surface area contributed by atoms with Crippen LogP contribution in [0.2, 0.25) is 5.02 Å². The van der Waals surface area contributed by atoms with Crippen molar-refractivity contribution in [2.45, 2.75) is 25.3 Å². The summed E-state index contributed by atoms with van der Waals surface area (Å²) in [5.74, 6) is 0.327. The minimum atomic E-state index is -0.420. The quantitative estimate of drug-likeness (QED) is 0.917. The van der Waals surface area contributed by atoms with Crippen molar-refractivity contribution < 1.29 is 8.91 Å². The summed E-state index contributed by atoms with van der Waals surface area (Å²) < 4.78 is 18.8. The van der Waals surface area contributed by atoms with Crippen LogP contribution < -0.4 is 5.32 Å². The Labute approximate surface area is 115 Å². The highest BCUT2D eigenvalue weighted by atomic mass is 35.5. The second-order valence-corrected chi connectivity index (χ2v) is 5.02. The maximum atomic E-state index is 13.7. The van der Waals surface area contributed by atoms with Crippen molar-refractivity contribution in [1.82, 2.24) is 15.5 Å². The van der Waals surface area contributed by atoms with Crippen molar-refractivity contribution in [3.63, 3.8) is 0 Å². The Bertz CT molecular complexity index is 581. The SMILES string of the molecule is Fc1ccc(Cl)cc1-c1nc(C2CCCCN2)no1. The summed E-state index contributed by atoms with van der Waals surface area (Å²) in [6.07, 6.45) is 3.26. The van der Waals surface area contributed by atoms with E-state index >= 15 is 0 Å². The van der Waals surface area contributed by atoms with Crippen LogP contribution in [0.5, 0.6) is 0 Å². The Kier molecular flexibility index (Phi) is 3.48. The molecular weight excluding hydrogens is 269 g/mol. The lowest BCUT2D eigenvalue weighted by Gasteiger charge is -2.19. The molecule has 1 aromatic carbocycles. The molecule has 6 heteroatoms. The van der Waals surface area contributed by atoms with Gasteiger partial charge in [-0.1, -0.05) is 23.2 Å². The van der Waals surface area contributed by atoms with E-state index in [0.29, 0.717) is 10.8 Å². The Morgan fingerprint density at radius 1 is 1.37 bits per heavy atom. The minimum Gasteiger partial charge on any atom is -0.334 e. The second-order valence-electron chi connectivity index (χ2n) is 4.58. The van der Waals surface area contributed by atoms with Crippen molar-refractivity contribution in [1.29, 1.82) is 0 Å². The topological polar surface area (TPSA) is 51.0 Å². The Morgan fingerprint density at radius 3 is 3.05 bits per heavy atom. The third-order valence-corrected chi connectivity index (χ3v) is 3.46. The summed E-state index contributed by atoms with van der Waals surface area (Å²) in [6.45, 7) is 0.945. The number of halogens is 2. The lowest BCUT2D eigenvalue weighted by molar-refractivity contribution is 0.366. The molecule has 1 aliphatic rings. The first-order valence-electron chi connectivity index (χ1n) is 6.26. The van der Waals surface area contributed by atoms with Gasteiger partial charge in [0.15, 0.2) is 5.82 Å². The Hall–Kier alpha value is -1.46. The van der Waals surface area contributed by atoms with E-state index in [1.165, 1.54) is 18.2 Å². The summed E-state index contributed by atoms with van der Waals surface area (Å²) in [4.78, 5) is 4.27. The average Bonchev–Trinajstić information content (AvgIpc) is 2.92. The van der Waals surface area contributed by atoms with Crippen LogP contribution in [-0.4, -0.2) is 16.7 Å². The number of hydrogen-bond donors (Lipinski definition) is 1. The van der Waals surface area contributed by atoms with Gasteiger partial charge < -0.3 is 9.84 Å². The van der Waals surface area contributed by atoms with Crippen molar-refractivity contribution in [2.24, 2.45) is 0 Å². The van der Waals surface area contributed by atoms with E-state index in [0.717, 1.165) is 25.8 Å². The maximum Gasteiger partial charge on any atom is 0.261 e. The number of aromatic nitrogens is 2. The van der Waals surface area contributed by atoms with Crippen LogP contribution >= 0.6 is 11.6 Å². The van der Waals surface area contributed by atoms with Gasteiger partial charge in [-0.3, -0.25) is 0 Å². The fourth-order valence-corrected chi connectivity index (χ4v) is 2.39. The third kappa shape index (κ3) is 2.62. The standard InChI is InChI=1S/C13H13ClFN3O/c14-8-4-5-10(15)9(7-8)13-17-12(18-19-13)11-3-1-2-6-16-11/h4-5,7,11,16H,1-3,6H2. The van der Waals surface area contributed by atoms with E-state index in [2.05, 4.69) is 15.5 Å². The molecule has 2 aromatic rings. The van der Waals surface area contributed by atoms with Crippen molar-refractivity contribution in [2.75, 3.05) is 6.54 Å². The molecule has 19 heavy (non-hydrogen) atoms. The van der Waals surface area contributed by atoms with Crippen LogP contribution in [0.1, 0.15) is 31.1 Å². The van der Waals surface area contributed by atoms with Gasteiger partial charge in [-0.2, -0.15) is 4.98 Å². The van der Waals surface area contributed by atoms with Gasteiger partial charge in [0.2, 0.25) is 0 Å². The Balaban J connectivity index is 1.89. The van der Waals surface area contributed by atoms with Gasteiger partial charge in [0.1, 0.15) is 5.82 Å². The molecule has 0 saturated carbocycles. The first-order chi connectivity index (χ1) is 9.24. The normalized spacial score (nSPS) is 19.6. The van der Waals surface area contributed by atoms with Crippen LogP contribution in [0.4, 0.5) is 4.39 Å². The fourth-order valence-electron chi connectivity index (χ4n) is 2.22. The highest BCUT2D eigenvalue weighted by Crippen LogP contribution is 2.27. The van der Waals surface area contributed by atoms with Gasteiger partial charge in [-0.25, -0.2) is 4.39 Å². The molecule has 3 rings (SSSR count). The maximum absolute atomic E-state index is 13.7. The summed E-state index contributed by atoms with van der Waals surface area (Å²) in [7, 11) is 0. The number of benzene rings is 1. The number of rotatable bonds is 2. The van der Waals surface area contributed by atoms with E-state index < -0.39 is 5.82 Å². The molecule has 100 valence electrons. The monoisotopic (exact) mass is 281 g/mol. The first kappa shape index (κ1) is 12.6. The average molecular weight is 282 g/mol. The van der Waals surface area contributed by atoms with Crippen LogP contribution in [0.15, 0.2) is 22.7 Å². The van der Waals surface area contributed by atoms with E-state index in [-0.39, 0.29) is 17.5 Å². The predicted octanol–water partition coefficient (Wildman–Crippen LogP) is 3.34. The molecule has 0 amide bonds. The molecule has 0 radical (unpaired) electrons. The Morgan fingerprint density at radius 2 is 2.26 bits per heavy atom. The van der Waals surface area contributed by atoms with Gasteiger partial charge in [-0.05, 0) is 37.6 Å². The van der Waals surface area contributed by atoms with Gasteiger partial charge >= 0.3 is 0 Å². The van der Waals surface area contributed by atoms with Gasteiger partial charge in [0.05, 0.1) is 11.6 Å². The summed E-state index contributed by atoms with van der Waals surface area (Å²) in [5, 5.41) is 7.69. The highest BCUT2D eigenvalue weighted by Gasteiger charge is 2.21. The van der Waals surface area contributed by atoms with E-state index in [1.807, 2.05) is 0 Å². The fraction of sp³-hybridized carbons (Fsp3) is 0.385. The van der Waals surface area contributed by atoms with Crippen LogP contribution in [-0.2, 0) is 0 Å². The zero-order valence-electron chi connectivity index (χ0n) is 10.2. The predicted molar refractivity (Wildman–Crippen MR) is 69.3 cm³/mol. The number of nitrogens with one attached hydrogen (secondary N) is 1. The molecule has 1 atom stereocenters. The molecule has 1 N–H and O–H groups in total. The smallest absolute Gasteiger partial charge is 0.261 e. The molecule has 1 saturated heterocycles. The summed E-state index contributed by atoms with van der Waals surface area (Å²) in [5.41, 5.74) is 0.238. The number of piperidine rings is 1. The first-order valence-corrected chi connectivity index (χ1v) is 6.64. The van der Waals surface area contributed by atoms with Gasteiger partial charge in [-0.15, -0.1) is 0 Å². The molecule has 0 bridgehead atoms. The van der Waals surface area contributed by atoms with Crippen LogP contribution in [0.25, 0.3) is 11.5 Å². The number of nitrogens with zero attached hydrogens (tertiary/aromatic N) is 2. The van der Waals surface area contributed by atoms with Gasteiger partial charge in [0, 0.05) is 5.02 Å². The summed E-state index contributed by atoms with van der Waals surface area (Å²) in [6, 6.07) is 4.36. The third-order valence-electron chi connectivity index (χ3n) is 3.22. The zero-order valence-corrected chi connectivity index (χ0v) is 11.0. The lowest BCUT2D eigenvalue weighted by Crippen LogP contribution is -2.27. The lowest BCUT2D eigenvalue weighted by atomic mass is 10.0. The molecule has 0 spiro atoms. The number of hydrogen-bond acceptors (Lipinski definition) is 4. The largest absolute Gasteiger partial charge is 0.334 e. The molecule has 1 fully saturated rings. The molecule has 0 aliphatic carbocycles. The van der Waals surface area contributed by atoms with Crippen molar-refractivity contribution in [3.05, 3.63) is 34.9 Å². The molecule has 1 aliphatic heterocycles. The molecule has 1 aromatic heterocycles. The van der Waals surface area contributed by atoms with E-state index in [1.54, 1.807) is 0 Å². The van der Waals surface area contributed by atoms with Crippen molar-refractivity contribution in [3.8, 4) is 11.5 Å². The van der Waals surface area contributed by atoms with Crippen LogP contribution in [0.3, 0.4) is 0 Å². The van der Waals surface area contributed by atoms with Crippen molar-refractivity contribution >= 4 is 11.6 Å². The summed E-state index contributed by atoms with van der Waals surface area (Å²) >= 11 is 5.85. The molecule has 4 nitrogen and oxygen atoms in total. The van der Waals surface area contributed by atoms with E-state index in [4.69, 9.17) is 16.1 Å². The van der Waals surface area contributed by atoms with Gasteiger partial charge in [0.25, 0.3) is 5.89 Å². The molecular formula is C13H13ClFN3O. The zero-order chi connectivity index (χ0) is 13.2. The van der Waals surface area contributed by atoms with Crippen LogP contribution in [0, 0.1) is 5.82 Å². The highest BCUT2D eigenvalue weighted by molar-refractivity contribution is 6.30. The molecule has 1 unspecified atom stereocenters. The minimum absolute atomic E-state index is 0.0912. The van der Waals surface area contributed by atoms with E-state index in [9.17, 15) is 4.39 Å².